The first-order valence-electron chi connectivity index (χ1n) is 19.0. The smallest absolute Gasteiger partial charge is 0.235 e. The molecule has 12 aromatic rings. The van der Waals surface area contributed by atoms with Gasteiger partial charge in [-0.15, -0.1) is 0 Å². The second-order valence-electron chi connectivity index (χ2n) is 14.5. The Balaban J connectivity index is 1.26. The van der Waals surface area contributed by atoms with E-state index in [1.807, 2.05) is 12.1 Å². The molecule has 0 unspecified atom stereocenters. The fraction of sp³-hybridized carbons (Fsp3) is 0. The molecule has 9 aromatic carbocycles. The molecule has 0 aliphatic rings. The zero-order valence-electron chi connectivity index (χ0n) is 30.1. The van der Waals surface area contributed by atoms with Gasteiger partial charge in [-0.1, -0.05) is 170 Å². The Kier molecular flexibility index (Phi) is 6.60. The van der Waals surface area contributed by atoms with Crippen LogP contribution in [0.5, 0.6) is 0 Å². The minimum atomic E-state index is 0.589. The van der Waals surface area contributed by atoms with E-state index in [0.29, 0.717) is 5.95 Å². The van der Waals surface area contributed by atoms with E-state index in [1.54, 1.807) is 0 Å². The zero-order valence-corrected chi connectivity index (χ0v) is 30.1. The molecular formula is C52H31N3O. The largest absolute Gasteiger partial charge is 0.454 e. The van der Waals surface area contributed by atoms with Crippen molar-refractivity contribution < 1.29 is 4.42 Å². The second-order valence-corrected chi connectivity index (χ2v) is 14.5. The van der Waals surface area contributed by atoms with Crippen molar-refractivity contribution in [3.8, 4) is 39.6 Å². The summed E-state index contributed by atoms with van der Waals surface area (Å²) in [6.07, 6.45) is 0. The van der Waals surface area contributed by atoms with Gasteiger partial charge in [0.15, 0.2) is 5.58 Å². The van der Waals surface area contributed by atoms with Crippen molar-refractivity contribution in [3.63, 3.8) is 0 Å². The molecule has 260 valence electrons. The van der Waals surface area contributed by atoms with Gasteiger partial charge in [0.1, 0.15) is 11.1 Å². The highest BCUT2D eigenvalue weighted by atomic mass is 16.3. The van der Waals surface area contributed by atoms with Gasteiger partial charge in [0.05, 0.1) is 16.9 Å². The van der Waals surface area contributed by atoms with Crippen LogP contribution in [0.4, 0.5) is 0 Å². The van der Waals surface area contributed by atoms with E-state index in [9.17, 15) is 0 Å². The summed E-state index contributed by atoms with van der Waals surface area (Å²) in [5.74, 6) is 0.589. The van der Waals surface area contributed by atoms with Gasteiger partial charge >= 0.3 is 0 Å². The third kappa shape index (κ3) is 4.47. The monoisotopic (exact) mass is 713 g/mol. The van der Waals surface area contributed by atoms with Gasteiger partial charge in [-0.2, -0.15) is 0 Å². The van der Waals surface area contributed by atoms with Gasteiger partial charge in [0.25, 0.3) is 0 Å². The molecule has 0 atom stereocenters. The predicted molar refractivity (Wildman–Crippen MR) is 232 cm³/mol. The molecule has 0 amide bonds. The molecule has 4 nitrogen and oxygen atoms in total. The molecule has 4 heteroatoms. The van der Waals surface area contributed by atoms with Crippen LogP contribution in [0, 0.1) is 0 Å². The van der Waals surface area contributed by atoms with Crippen LogP contribution < -0.4 is 0 Å². The Morgan fingerprint density at radius 3 is 1.48 bits per heavy atom. The van der Waals surface area contributed by atoms with E-state index in [2.05, 4.69) is 180 Å². The van der Waals surface area contributed by atoms with Crippen LogP contribution in [0.2, 0.25) is 0 Å². The minimum absolute atomic E-state index is 0.589. The lowest BCUT2D eigenvalue weighted by Crippen LogP contribution is -2.04. The fourth-order valence-electron chi connectivity index (χ4n) is 8.94. The first-order chi connectivity index (χ1) is 27.8. The lowest BCUT2D eigenvalue weighted by molar-refractivity contribution is 0.671. The fourth-order valence-corrected chi connectivity index (χ4v) is 8.94. The molecule has 0 bridgehead atoms. The molecule has 0 N–H and O–H groups in total. The molecule has 56 heavy (non-hydrogen) atoms. The van der Waals surface area contributed by atoms with Gasteiger partial charge in [0.2, 0.25) is 5.95 Å². The maximum Gasteiger partial charge on any atom is 0.235 e. The van der Waals surface area contributed by atoms with Crippen LogP contribution in [0.25, 0.3) is 116 Å². The molecule has 0 spiro atoms. The summed E-state index contributed by atoms with van der Waals surface area (Å²) in [7, 11) is 0. The molecule has 0 saturated carbocycles. The maximum absolute atomic E-state index is 7.04. The Labute approximate surface area is 321 Å². The number of hydrogen-bond donors (Lipinski definition) is 0. The van der Waals surface area contributed by atoms with Gasteiger partial charge in [-0.25, -0.2) is 9.97 Å². The molecule has 12 rings (SSSR count). The summed E-state index contributed by atoms with van der Waals surface area (Å²) >= 11 is 0. The summed E-state index contributed by atoms with van der Waals surface area (Å²) in [5, 5.41) is 11.7. The second kappa shape index (κ2) is 12.0. The molecule has 0 saturated heterocycles. The van der Waals surface area contributed by atoms with Crippen molar-refractivity contribution in [2.75, 3.05) is 0 Å². The van der Waals surface area contributed by atoms with E-state index in [1.165, 1.54) is 37.9 Å². The van der Waals surface area contributed by atoms with Crippen LogP contribution in [-0.2, 0) is 0 Å². The third-order valence-electron chi connectivity index (χ3n) is 11.4. The van der Waals surface area contributed by atoms with Crippen LogP contribution in [0.15, 0.2) is 192 Å². The Morgan fingerprint density at radius 1 is 0.357 bits per heavy atom. The number of para-hydroxylation sites is 2. The number of nitrogens with zero attached hydrogens (tertiary/aromatic N) is 3. The van der Waals surface area contributed by atoms with Crippen molar-refractivity contribution in [1.82, 2.24) is 14.5 Å². The molecule has 0 aliphatic carbocycles. The first kappa shape index (κ1) is 30.9. The van der Waals surface area contributed by atoms with Gasteiger partial charge < -0.3 is 4.42 Å². The standard InChI is InChI=1S/C52H31N3O/c1-3-15-32(16-4-1)33-27-29-35(30-28-33)43-31-42(34-17-5-2-6-18-34)53-52(54-43)55-44-25-13-11-23-40(44)48-46-38-21-9-7-19-36(38)37-20-8-10-22-39(37)47(46)49-41-24-12-14-26-45(41)56-51(49)50(48)55/h1-31H. The Bertz CT molecular complexity index is 3510. The lowest BCUT2D eigenvalue weighted by atomic mass is 9.89. The number of hydrogen-bond acceptors (Lipinski definition) is 3. The van der Waals surface area contributed by atoms with E-state index >= 15 is 0 Å². The van der Waals surface area contributed by atoms with Gasteiger partial charge in [-0.3, -0.25) is 4.57 Å². The van der Waals surface area contributed by atoms with Crippen molar-refractivity contribution in [2.24, 2.45) is 0 Å². The van der Waals surface area contributed by atoms with Crippen molar-refractivity contribution >= 4 is 76.1 Å². The molecule has 3 aromatic heterocycles. The quantitative estimate of drug-likeness (QED) is 0.171. The topological polar surface area (TPSA) is 43.9 Å². The van der Waals surface area contributed by atoms with Gasteiger partial charge in [0, 0.05) is 43.4 Å². The molecule has 3 heterocycles. The van der Waals surface area contributed by atoms with Gasteiger partial charge in [-0.05, 0) is 50.9 Å². The normalized spacial score (nSPS) is 11.9. The zero-order chi connectivity index (χ0) is 36.7. The molecule has 0 fully saturated rings. The van der Waals surface area contributed by atoms with E-state index in [4.69, 9.17) is 14.4 Å². The van der Waals surface area contributed by atoms with E-state index in [0.717, 1.165) is 71.8 Å². The molecule has 0 radical (unpaired) electrons. The maximum atomic E-state index is 7.04. The highest BCUT2D eigenvalue weighted by Crippen LogP contribution is 2.50. The predicted octanol–water partition coefficient (Wildman–Crippen LogP) is 13.9. The average Bonchev–Trinajstić information content (AvgIpc) is 3.84. The summed E-state index contributed by atoms with van der Waals surface area (Å²) < 4.78 is 9.28. The van der Waals surface area contributed by atoms with E-state index < -0.39 is 0 Å². The van der Waals surface area contributed by atoms with Crippen LogP contribution in [-0.4, -0.2) is 14.5 Å². The SMILES string of the molecule is c1ccc(-c2ccc(-c3cc(-c4ccccc4)nc(-n4c5ccccc5c5c6c7ccccc7c7ccccc7c6c6c7ccccc7oc6c54)n3)cc2)cc1. The third-order valence-corrected chi connectivity index (χ3v) is 11.4. The van der Waals surface area contributed by atoms with Crippen LogP contribution in [0.3, 0.4) is 0 Å². The van der Waals surface area contributed by atoms with Crippen LogP contribution >= 0.6 is 0 Å². The summed E-state index contributed by atoms with van der Waals surface area (Å²) in [4.78, 5) is 10.8. The number of rotatable bonds is 4. The first-order valence-corrected chi connectivity index (χ1v) is 19.0. The summed E-state index contributed by atoms with van der Waals surface area (Å²) in [5.41, 5.74) is 9.73. The summed E-state index contributed by atoms with van der Waals surface area (Å²) in [6.45, 7) is 0. The highest BCUT2D eigenvalue weighted by Gasteiger charge is 2.27. The minimum Gasteiger partial charge on any atom is -0.454 e. The van der Waals surface area contributed by atoms with Crippen LogP contribution in [0.1, 0.15) is 0 Å². The number of aromatic nitrogens is 3. The number of fused-ring (bicyclic) bond motifs is 15. The summed E-state index contributed by atoms with van der Waals surface area (Å²) in [6, 6.07) is 66.3. The highest BCUT2D eigenvalue weighted by molar-refractivity contribution is 6.44. The van der Waals surface area contributed by atoms with Crippen molar-refractivity contribution in [1.29, 1.82) is 0 Å². The average molecular weight is 714 g/mol. The molecule has 0 aliphatic heterocycles. The lowest BCUT2D eigenvalue weighted by Gasteiger charge is -2.14. The van der Waals surface area contributed by atoms with Crippen molar-refractivity contribution in [2.45, 2.75) is 0 Å². The Morgan fingerprint density at radius 2 is 0.821 bits per heavy atom. The van der Waals surface area contributed by atoms with E-state index in [-0.39, 0.29) is 0 Å². The number of furan rings is 1. The Hall–Kier alpha value is -7.56. The van der Waals surface area contributed by atoms with Crippen molar-refractivity contribution in [3.05, 3.63) is 188 Å². The molecular weight excluding hydrogens is 683 g/mol. The number of benzene rings is 9.